The summed E-state index contributed by atoms with van der Waals surface area (Å²) in [4.78, 5) is 4.07. The summed E-state index contributed by atoms with van der Waals surface area (Å²) in [5, 5.41) is 11.7. The molecule has 2 rings (SSSR count). The maximum Gasteiger partial charge on any atom is 0.0496 e. The first kappa shape index (κ1) is 13.1. The van der Waals surface area contributed by atoms with Gasteiger partial charge in [-0.15, -0.1) is 11.3 Å². The third-order valence-electron chi connectivity index (χ3n) is 4.22. The van der Waals surface area contributed by atoms with Crippen LogP contribution in [0.25, 0.3) is 0 Å². The molecule has 1 aromatic heterocycles. The van der Waals surface area contributed by atoms with Gasteiger partial charge < -0.3 is 5.11 Å². The molecule has 0 amide bonds. The molecular formula is C14H23NOS. The minimum absolute atomic E-state index is 0.0434. The third-order valence-corrected chi connectivity index (χ3v) is 5.22. The van der Waals surface area contributed by atoms with Gasteiger partial charge in [-0.1, -0.05) is 13.8 Å². The SMILES string of the molecule is CCC(C)(CO)CN1CCc2sccc2C1C. The lowest BCUT2D eigenvalue weighted by Gasteiger charge is -2.39. The molecule has 2 unspecified atom stereocenters. The summed E-state index contributed by atoms with van der Waals surface area (Å²) in [7, 11) is 0. The predicted octanol–water partition coefficient (Wildman–Crippen LogP) is 3.08. The van der Waals surface area contributed by atoms with E-state index in [1.807, 2.05) is 11.3 Å². The molecule has 17 heavy (non-hydrogen) atoms. The fourth-order valence-electron chi connectivity index (χ4n) is 2.54. The van der Waals surface area contributed by atoms with Crippen molar-refractivity contribution in [2.45, 2.75) is 39.7 Å². The topological polar surface area (TPSA) is 23.5 Å². The highest BCUT2D eigenvalue weighted by atomic mass is 32.1. The number of aliphatic hydroxyl groups excluding tert-OH is 1. The number of thiophene rings is 1. The molecule has 0 spiro atoms. The Balaban J connectivity index is 2.10. The number of hydrogen-bond acceptors (Lipinski definition) is 3. The Labute approximate surface area is 108 Å². The van der Waals surface area contributed by atoms with Gasteiger partial charge in [-0.25, -0.2) is 0 Å². The van der Waals surface area contributed by atoms with Gasteiger partial charge in [0.1, 0.15) is 0 Å². The molecule has 0 bridgehead atoms. The maximum absolute atomic E-state index is 9.53. The molecule has 1 aliphatic rings. The van der Waals surface area contributed by atoms with Gasteiger partial charge in [0.25, 0.3) is 0 Å². The van der Waals surface area contributed by atoms with Gasteiger partial charge in [0.05, 0.1) is 0 Å². The molecule has 1 aromatic rings. The molecular weight excluding hydrogens is 230 g/mol. The van der Waals surface area contributed by atoms with Crippen LogP contribution in [0, 0.1) is 5.41 Å². The Kier molecular flexibility index (Phi) is 3.91. The minimum atomic E-state index is 0.0434. The van der Waals surface area contributed by atoms with E-state index >= 15 is 0 Å². The van der Waals surface area contributed by atoms with Crippen molar-refractivity contribution >= 4 is 11.3 Å². The van der Waals surface area contributed by atoms with Crippen molar-refractivity contribution in [3.63, 3.8) is 0 Å². The minimum Gasteiger partial charge on any atom is -0.396 e. The van der Waals surface area contributed by atoms with Crippen LogP contribution in [-0.4, -0.2) is 29.7 Å². The van der Waals surface area contributed by atoms with Gasteiger partial charge >= 0.3 is 0 Å². The number of rotatable bonds is 4. The summed E-state index contributed by atoms with van der Waals surface area (Å²) < 4.78 is 0. The highest BCUT2D eigenvalue weighted by Crippen LogP contribution is 2.35. The van der Waals surface area contributed by atoms with Crippen LogP contribution in [0.15, 0.2) is 11.4 Å². The van der Waals surface area contributed by atoms with Crippen molar-refractivity contribution in [2.75, 3.05) is 19.7 Å². The molecule has 0 fully saturated rings. The average molecular weight is 253 g/mol. The molecule has 0 saturated carbocycles. The summed E-state index contributed by atoms with van der Waals surface area (Å²) in [6, 6.07) is 2.77. The van der Waals surface area contributed by atoms with Crippen molar-refractivity contribution in [1.82, 2.24) is 4.90 Å². The summed E-state index contributed by atoms with van der Waals surface area (Å²) >= 11 is 1.88. The Hall–Kier alpha value is -0.380. The van der Waals surface area contributed by atoms with E-state index in [-0.39, 0.29) is 12.0 Å². The second-order valence-electron chi connectivity index (χ2n) is 5.52. The number of nitrogens with zero attached hydrogens (tertiary/aromatic N) is 1. The van der Waals surface area contributed by atoms with Gasteiger partial charge in [-0.3, -0.25) is 4.90 Å². The van der Waals surface area contributed by atoms with E-state index in [9.17, 15) is 5.11 Å². The van der Waals surface area contributed by atoms with Crippen molar-refractivity contribution in [1.29, 1.82) is 0 Å². The van der Waals surface area contributed by atoms with Crippen molar-refractivity contribution in [3.05, 3.63) is 21.9 Å². The van der Waals surface area contributed by atoms with Gasteiger partial charge in [0, 0.05) is 36.0 Å². The van der Waals surface area contributed by atoms with Gasteiger partial charge in [0.15, 0.2) is 0 Å². The van der Waals surface area contributed by atoms with E-state index in [0.29, 0.717) is 6.04 Å². The fourth-order valence-corrected chi connectivity index (χ4v) is 3.50. The van der Waals surface area contributed by atoms with E-state index < -0.39 is 0 Å². The van der Waals surface area contributed by atoms with Crippen LogP contribution in [0.1, 0.15) is 43.7 Å². The monoisotopic (exact) mass is 253 g/mol. The van der Waals surface area contributed by atoms with Crippen LogP contribution in [0.5, 0.6) is 0 Å². The maximum atomic E-state index is 9.53. The molecule has 1 aliphatic heterocycles. The van der Waals surface area contributed by atoms with E-state index in [0.717, 1.165) is 19.5 Å². The molecule has 1 N–H and O–H groups in total. The molecule has 3 heteroatoms. The van der Waals surface area contributed by atoms with Crippen molar-refractivity contribution < 1.29 is 5.11 Å². The quantitative estimate of drug-likeness (QED) is 0.891. The third kappa shape index (κ3) is 2.56. The molecule has 0 radical (unpaired) electrons. The Bertz CT molecular complexity index is 370. The lowest BCUT2D eigenvalue weighted by atomic mass is 9.86. The first-order valence-corrected chi connectivity index (χ1v) is 7.39. The predicted molar refractivity (Wildman–Crippen MR) is 73.5 cm³/mol. The normalized spacial score (nSPS) is 24.4. The van der Waals surface area contributed by atoms with E-state index in [2.05, 4.69) is 37.1 Å². The second-order valence-corrected chi connectivity index (χ2v) is 6.52. The molecule has 2 atom stereocenters. The van der Waals surface area contributed by atoms with Gasteiger partial charge in [-0.05, 0) is 36.8 Å². The fraction of sp³-hybridized carbons (Fsp3) is 0.714. The molecule has 2 heterocycles. The first-order chi connectivity index (χ1) is 8.09. The average Bonchev–Trinajstić information content (AvgIpc) is 2.82. The zero-order valence-corrected chi connectivity index (χ0v) is 11.9. The molecule has 96 valence electrons. The highest BCUT2D eigenvalue weighted by molar-refractivity contribution is 7.10. The number of hydrogen-bond donors (Lipinski definition) is 1. The first-order valence-electron chi connectivity index (χ1n) is 6.51. The Morgan fingerprint density at radius 3 is 3.00 bits per heavy atom. The largest absolute Gasteiger partial charge is 0.396 e. The van der Waals surface area contributed by atoms with Crippen LogP contribution < -0.4 is 0 Å². The standard InChI is InChI=1S/C14H23NOS/c1-4-14(3,10-16)9-15-7-5-13-12(11(15)2)6-8-17-13/h6,8,11,16H,4-5,7,9-10H2,1-3H3. The molecule has 0 aliphatic carbocycles. The molecule has 0 aromatic carbocycles. The van der Waals surface area contributed by atoms with Gasteiger partial charge in [-0.2, -0.15) is 0 Å². The van der Waals surface area contributed by atoms with E-state index in [1.165, 1.54) is 12.0 Å². The van der Waals surface area contributed by atoms with Crippen LogP contribution in [0.2, 0.25) is 0 Å². The Morgan fingerprint density at radius 1 is 1.59 bits per heavy atom. The second kappa shape index (κ2) is 5.09. The Morgan fingerprint density at radius 2 is 2.35 bits per heavy atom. The number of aliphatic hydroxyl groups is 1. The smallest absolute Gasteiger partial charge is 0.0496 e. The highest BCUT2D eigenvalue weighted by Gasteiger charge is 2.30. The summed E-state index contributed by atoms with van der Waals surface area (Å²) in [5.41, 5.74) is 1.54. The lowest BCUT2D eigenvalue weighted by molar-refractivity contribution is 0.0633. The molecule has 2 nitrogen and oxygen atoms in total. The number of fused-ring (bicyclic) bond motifs is 1. The van der Waals surface area contributed by atoms with E-state index in [4.69, 9.17) is 0 Å². The summed E-state index contributed by atoms with van der Waals surface area (Å²) in [6.45, 7) is 9.05. The van der Waals surface area contributed by atoms with Crippen molar-refractivity contribution in [3.8, 4) is 0 Å². The summed E-state index contributed by atoms with van der Waals surface area (Å²) in [5.74, 6) is 0. The van der Waals surface area contributed by atoms with Crippen LogP contribution in [0.3, 0.4) is 0 Å². The van der Waals surface area contributed by atoms with E-state index in [1.54, 1.807) is 4.88 Å². The van der Waals surface area contributed by atoms with Crippen molar-refractivity contribution in [2.24, 2.45) is 5.41 Å². The van der Waals surface area contributed by atoms with Crippen LogP contribution in [0.4, 0.5) is 0 Å². The van der Waals surface area contributed by atoms with Crippen LogP contribution >= 0.6 is 11.3 Å². The zero-order chi connectivity index (χ0) is 12.5. The van der Waals surface area contributed by atoms with Gasteiger partial charge in [0.2, 0.25) is 0 Å². The molecule has 0 saturated heterocycles. The van der Waals surface area contributed by atoms with Crippen LogP contribution in [-0.2, 0) is 6.42 Å². The summed E-state index contributed by atoms with van der Waals surface area (Å²) in [6.07, 6.45) is 2.20. The lowest BCUT2D eigenvalue weighted by Crippen LogP contribution is -2.42. The zero-order valence-electron chi connectivity index (χ0n) is 11.1.